The lowest BCUT2D eigenvalue weighted by Gasteiger charge is -2.12. The molecule has 0 aliphatic carbocycles. The molecular weight excluding hydrogens is 228 g/mol. The SMILES string of the molecule is O=C1CCCCCCCCCCCCCC(O)O1. The van der Waals surface area contributed by atoms with Gasteiger partial charge < -0.3 is 9.84 Å². The molecule has 0 aromatic heterocycles. The van der Waals surface area contributed by atoms with Gasteiger partial charge in [0.25, 0.3) is 0 Å². The number of ether oxygens (including phenoxy) is 1. The van der Waals surface area contributed by atoms with E-state index in [0.717, 1.165) is 25.7 Å². The topological polar surface area (TPSA) is 46.5 Å². The Kier molecular flexibility index (Phi) is 8.92. The summed E-state index contributed by atoms with van der Waals surface area (Å²) in [4.78, 5) is 11.4. The van der Waals surface area contributed by atoms with Crippen molar-refractivity contribution in [2.45, 2.75) is 89.8 Å². The molecule has 0 bridgehead atoms. The third-order valence-electron chi connectivity index (χ3n) is 3.60. The van der Waals surface area contributed by atoms with Gasteiger partial charge in [-0.05, 0) is 12.8 Å². The second kappa shape index (κ2) is 10.4. The van der Waals surface area contributed by atoms with E-state index >= 15 is 0 Å². The van der Waals surface area contributed by atoms with Gasteiger partial charge in [-0.15, -0.1) is 0 Å². The number of aliphatic hydroxyl groups excluding tert-OH is 1. The van der Waals surface area contributed by atoms with Crippen molar-refractivity contribution in [1.29, 1.82) is 0 Å². The van der Waals surface area contributed by atoms with E-state index in [0.29, 0.717) is 12.8 Å². The minimum absolute atomic E-state index is 0.241. The van der Waals surface area contributed by atoms with Gasteiger partial charge in [-0.25, -0.2) is 0 Å². The molecule has 1 saturated heterocycles. The molecule has 0 spiro atoms. The van der Waals surface area contributed by atoms with Crippen molar-refractivity contribution in [2.75, 3.05) is 0 Å². The third kappa shape index (κ3) is 8.51. The molecule has 0 radical (unpaired) electrons. The average molecular weight is 256 g/mol. The Morgan fingerprint density at radius 2 is 1.22 bits per heavy atom. The van der Waals surface area contributed by atoms with Crippen LogP contribution < -0.4 is 0 Å². The van der Waals surface area contributed by atoms with Crippen LogP contribution in [0.5, 0.6) is 0 Å². The molecule has 1 fully saturated rings. The Labute approximate surface area is 111 Å². The fraction of sp³-hybridized carbons (Fsp3) is 0.933. The molecule has 18 heavy (non-hydrogen) atoms. The smallest absolute Gasteiger partial charge is 0.308 e. The maximum atomic E-state index is 11.4. The summed E-state index contributed by atoms with van der Waals surface area (Å²) >= 11 is 0. The van der Waals surface area contributed by atoms with Crippen molar-refractivity contribution >= 4 is 5.97 Å². The lowest BCUT2D eigenvalue weighted by molar-refractivity contribution is -0.168. The Balaban J connectivity index is 2.21. The van der Waals surface area contributed by atoms with Crippen LogP contribution in [0.3, 0.4) is 0 Å². The van der Waals surface area contributed by atoms with E-state index in [-0.39, 0.29) is 5.97 Å². The molecular formula is C15H28O3. The summed E-state index contributed by atoms with van der Waals surface area (Å²) < 4.78 is 4.97. The molecule has 1 atom stereocenters. The summed E-state index contributed by atoms with van der Waals surface area (Å²) in [6, 6.07) is 0. The quantitative estimate of drug-likeness (QED) is 0.668. The first-order valence-electron chi connectivity index (χ1n) is 7.66. The minimum Gasteiger partial charge on any atom is -0.436 e. The van der Waals surface area contributed by atoms with Crippen LogP contribution in [0.1, 0.15) is 83.5 Å². The van der Waals surface area contributed by atoms with Crippen molar-refractivity contribution in [3.8, 4) is 0 Å². The number of aliphatic hydroxyl groups is 1. The Bertz CT molecular complexity index is 216. The molecule has 0 amide bonds. The van der Waals surface area contributed by atoms with E-state index in [1.165, 1.54) is 44.9 Å². The van der Waals surface area contributed by atoms with Gasteiger partial charge in [0.2, 0.25) is 6.29 Å². The van der Waals surface area contributed by atoms with Gasteiger partial charge >= 0.3 is 5.97 Å². The molecule has 1 aliphatic rings. The molecule has 1 heterocycles. The predicted octanol–water partition coefficient (Wildman–Crippen LogP) is 3.93. The first-order chi connectivity index (χ1) is 8.79. The number of carbonyl (C=O) groups is 1. The molecule has 1 unspecified atom stereocenters. The van der Waals surface area contributed by atoms with Crippen LogP contribution in [0.25, 0.3) is 0 Å². The van der Waals surface area contributed by atoms with E-state index in [2.05, 4.69) is 0 Å². The van der Waals surface area contributed by atoms with E-state index in [1.807, 2.05) is 0 Å². The highest BCUT2D eigenvalue weighted by Crippen LogP contribution is 2.14. The second-order valence-electron chi connectivity index (χ2n) is 5.37. The summed E-state index contributed by atoms with van der Waals surface area (Å²) in [5.74, 6) is -0.241. The zero-order valence-electron chi connectivity index (χ0n) is 11.5. The van der Waals surface area contributed by atoms with Crippen molar-refractivity contribution in [3.63, 3.8) is 0 Å². The van der Waals surface area contributed by atoms with E-state index in [1.54, 1.807) is 0 Å². The van der Waals surface area contributed by atoms with Crippen LogP contribution in [-0.4, -0.2) is 17.4 Å². The van der Waals surface area contributed by atoms with Gasteiger partial charge in [0.15, 0.2) is 0 Å². The first-order valence-corrected chi connectivity index (χ1v) is 7.66. The lowest BCUT2D eigenvalue weighted by atomic mass is 10.0. The average Bonchev–Trinajstić information content (AvgIpc) is 2.33. The molecule has 1 aliphatic heterocycles. The van der Waals surface area contributed by atoms with Gasteiger partial charge in [-0.3, -0.25) is 4.79 Å². The highest BCUT2D eigenvalue weighted by Gasteiger charge is 2.10. The Morgan fingerprint density at radius 3 is 1.78 bits per heavy atom. The molecule has 0 aromatic rings. The molecule has 0 aromatic carbocycles. The van der Waals surface area contributed by atoms with Crippen molar-refractivity contribution in [1.82, 2.24) is 0 Å². The standard InChI is InChI=1S/C15H28O3/c16-14-12-10-8-6-4-2-1-3-5-7-9-11-13-15(17)18-14/h14,16H,1-13H2. The summed E-state index contributed by atoms with van der Waals surface area (Å²) in [6.07, 6.45) is 13.3. The third-order valence-corrected chi connectivity index (χ3v) is 3.60. The number of cyclic esters (lactones) is 1. The van der Waals surface area contributed by atoms with Gasteiger partial charge in [0, 0.05) is 12.8 Å². The summed E-state index contributed by atoms with van der Waals surface area (Å²) in [7, 11) is 0. The number of rotatable bonds is 0. The first kappa shape index (κ1) is 15.5. The van der Waals surface area contributed by atoms with Crippen LogP contribution in [0.15, 0.2) is 0 Å². The molecule has 1 rings (SSSR count). The fourth-order valence-electron chi connectivity index (χ4n) is 2.45. The zero-order valence-corrected chi connectivity index (χ0v) is 11.5. The molecule has 3 nitrogen and oxygen atoms in total. The monoisotopic (exact) mass is 256 g/mol. The highest BCUT2D eigenvalue weighted by molar-refractivity contribution is 5.69. The zero-order chi connectivity index (χ0) is 13.1. The van der Waals surface area contributed by atoms with Gasteiger partial charge in [-0.2, -0.15) is 0 Å². The van der Waals surface area contributed by atoms with Crippen LogP contribution in [0.4, 0.5) is 0 Å². The maximum Gasteiger partial charge on any atom is 0.308 e. The molecule has 106 valence electrons. The van der Waals surface area contributed by atoms with E-state index in [4.69, 9.17) is 4.74 Å². The van der Waals surface area contributed by atoms with E-state index in [9.17, 15) is 9.90 Å². The normalized spacial score (nSPS) is 26.5. The lowest BCUT2D eigenvalue weighted by Crippen LogP contribution is -2.17. The largest absolute Gasteiger partial charge is 0.436 e. The molecule has 0 saturated carbocycles. The summed E-state index contributed by atoms with van der Waals surface area (Å²) in [5, 5.41) is 9.55. The van der Waals surface area contributed by atoms with Crippen molar-refractivity contribution in [3.05, 3.63) is 0 Å². The number of hydrogen-bond donors (Lipinski definition) is 1. The summed E-state index contributed by atoms with van der Waals surface area (Å²) in [6.45, 7) is 0. The van der Waals surface area contributed by atoms with Crippen LogP contribution in [0, 0.1) is 0 Å². The number of esters is 1. The second-order valence-corrected chi connectivity index (χ2v) is 5.37. The van der Waals surface area contributed by atoms with Crippen molar-refractivity contribution in [2.24, 2.45) is 0 Å². The highest BCUT2D eigenvalue weighted by atomic mass is 16.6. The van der Waals surface area contributed by atoms with Crippen LogP contribution in [-0.2, 0) is 9.53 Å². The Hall–Kier alpha value is -0.570. The Morgan fingerprint density at radius 1 is 0.778 bits per heavy atom. The van der Waals surface area contributed by atoms with Gasteiger partial charge in [0.1, 0.15) is 0 Å². The predicted molar refractivity (Wildman–Crippen MR) is 72.1 cm³/mol. The number of hydrogen-bond acceptors (Lipinski definition) is 3. The van der Waals surface area contributed by atoms with Crippen LogP contribution >= 0.6 is 0 Å². The van der Waals surface area contributed by atoms with Crippen LogP contribution in [0.2, 0.25) is 0 Å². The maximum absolute atomic E-state index is 11.4. The fourth-order valence-corrected chi connectivity index (χ4v) is 2.45. The van der Waals surface area contributed by atoms with Gasteiger partial charge in [0.05, 0.1) is 0 Å². The summed E-state index contributed by atoms with van der Waals surface area (Å²) in [5.41, 5.74) is 0. The minimum atomic E-state index is -0.884. The molecule has 3 heteroatoms. The van der Waals surface area contributed by atoms with E-state index < -0.39 is 6.29 Å². The van der Waals surface area contributed by atoms with Gasteiger partial charge in [-0.1, -0.05) is 57.8 Å². The van der Waals surface area contributed by atoms with Crippen molar-refractivity contribution < 1.29 is 14.6 Å². The molecule has 1 N–H and O–H groups in total. The number of carbonyl (C=O) groups excluding carboxylic acids is 1.